The molecule has 1 heterocycles. The fourth-order valence-corrected chi connectivity index (χ4v) is 2.76. The number of pyridine rings is 1. The van der Waals surface area contributed by atoms with Crippen molar-refractivity contribution in [1.82, 2.24) is 4.98 Å². The molecule has 3 heteroatoms. The molecule has 0 aliphatic rings. The molecule has 0 aliphatic heterocycles. The summed E-state index contributed by atoms with van der Waals surface area (Å²) in [5.41, 5.74) is 4.29. The standard InChI is InChI=1S/C20H19NO2/c1-3-17-14(2)19(16-11-7-8-12-18(16)21-17)20(22)23-13-15-9-5-4-6-10-15/h4-12H,3,13H2,1-2H3. The van der Waals surface area contributed by atoms with Crippen LogP contribution in [0.15, 0.2) is 54.6 Å². The van der Waals surface area contributed by atoms with Crippen LogP contribution in [-0.4, -0.2) is 11.0 Å². The highest BCUT2D eigenvalue weighted by Crippen LogP contribution is 2.24. The highest BCUT2D eigenvalue weighted by atomic mass is 16.5. The Balaban J connectivity index is 1.97. The van der Waals surface area contributed by atoms with Crippen molar-refractivity contribution >= 4 is 16.9 Å². The van der Waals surface area contributed by atoms with Crippen molar-refractivity contribution in [2.45, 2.75) is 26.9 Å². The Labute approximate surface area is 135 Å². The van der Waals surface area contributed by atoms with Crippen molar-refractivity contribution in [2.75, 3.05) is 0 Å². The molecule has 0 atom stereocenters. The molecule has 23 heavy (non-hydrogen) atoms. The van der Waals surface area contributed by atoms with E-state index in [-0.39, 0.29) is 12.6 Å². The van der Waals surface area contributed by atoms with E-state index < -0.39 is 0 Å². The Hall–Kier alpha value is -2.68. The van der Waals surface area contributed by atoms with Gasteiger partial charge in [-0.2, -0.15) is 0 Å². The Morgan fingerprint density at radius 2 is 1.74 bits per heavy atom. The summed E-state index contributed by atoms with van der Waals surface area (Å²) in [6.45, 7) is 4.26. The topological polar surface area (TPSA) is 39.2 Å². The molecular formula is C20H19NO2. The van der Waals surface area contributed by atoms with Crippen molar-refractivity contribution in [3.63, 3.8) is 0 Å². The lowest BCUT2D eigenvalue weighted by Crippen LogP contribution is -2.11. The lowest BCUT2D eigenvalue weighted by Gasteiger charge is -2.13. The summed E-state index contributed by atoms with van der Waals surface area (Å²) >= 11 is 0. The summed E-state index contributed by atoms with van der Waals surface area (Å²) in [4.78, 5) is 17.3. The van der Waals surface area contributed by atoms with Crippen molar-refractivity contribution in [3.8, 4) is 0 Å². The Morgan fingerprint density at radius 1 is 1.04 bits per heavy atom. The predicted octanol–water partition coefficient (Wildman–Crippen LogP) is 4.46. The van der Waals surface area contributed by atoms with Crippen LogP contribution in [0.3, 0.4) is 0 Å². The average Bonchev–Trinajstić information content (AvgIpc) is 2.60. The summed E-state index contributed by atoms with van der Waals surface area (Å²) in [5, 5.41) is 0.847. The van der Waals surface area contributed by atoms with Gasteiger partial charge in [-0.1, -0.05) is 55.5 Å². The zero-order chi connectivity index (χ0) is 16.2. The van der Waals surface area contributed by atoms with E-state index in [2.05, 4.69) is 4.98 Å². The molecule has 2 aromatic carbocycles. The van der Waals surface area contributed by atoms with E-state index in [1.165, 1.54) is 0 Å². The number of hydrogen-bond donors (Lipinski definition) is 0. The lowest BCUT2D eigenvalue weighted by atomic mass is 10.0. The molecule has 0 unspecified atom stereocenters. The molecule has 1 aromatic heterocycles. The van der Waals surface area contributed by atoms with Crippen molar-refractivity contribution in [3.05, 3.63) is 77.0 Å². The number of aromatic nitrogens is 1. The highest BCUT2D eigenvalue weighted by Gasteiger charge is 2.18. The fourth-order valence-electron chi connectivity index (χ4n) is 2.76. The maximum absolute atomic E-state index is 12.7. The van der Waals surface area contributed by atoms with Gasteiger partial charge in [0.15, 0.2) is 0 Å². The van der Waals surface area contributed by atoms with Gasteiger partial charge in [-0.25, -0.2) is 4.79 Å². The minimum atomic E-state index is -0.292. The number of para-hydroxylation sites is 1. The van der Waals surface area contributed by atoms with E-state index in [1.807, 2.05) is 68.4 Å². The number of carbonyl (C=O) groups excluding carboxylic acids is 1. The first-order valence-corrected chi connectivity index (χ1v) is 7.80. The lowest BCUT2D eigenvalue weighted by molar-refractivity contribution is 0.0474. The minimum absolute atomic E-state index is 0.275. The largest absolute Gasteiger partial charge is 0.457 e. The fraction of sp³-hybridized carbons (Fsp3) is 0.200. The number of ether oxygens (including phenoxy) is 1. The summed E-state index contributed by atoms with van der Waals surface area (Å²) < 4.78 is 5.54. The molecule has 0 saturated carbocycles. The van der Waals surface area contributed by atoms with Gasteiger partial charge in [-0.15, -0.1) is 0 Å². The van der Waals surface area contributed by atoms with Gasteiger partial charge in [0.05, 0.1) is 11.1 Å². The monoisotopic (exact) mass is 305 g/mol. The molecule has 3 nitrogen and oxygen atoms in total. The van der Waals surface area contributed by atoms with Gasteiger partial charge in [-0.3, -0.25) is 4.98 Å². The van der Waals surface area contributed by atoms with Gasteiger partial charge in [0.25, 0.3) is 0 Å². The molecule has 0 spiro atoms. The summed E-state index contributed by atoms with van der Waals surface area (Å²) in [6, 6.07) is 17.4. The Kier molecular flexibility index (Phi) is 4.38. The molecule has 0 radical (unpaired) electrons. The first-order chi connectivity index (χ1) is 11.2. The molecule has 0 saturated heterocycles. The summed E-state index contributed by atoms with van der Waals surface area (Å²) in [6.07, 6.45) is 0.787. The van der Waals surface area contributed by atoms with E-state index in [9.17, 15) is 4.79 Å². The third-order valence-electron chi connectivity index (χ3n) is 3.99. The van der Waals surface area contributed by atoms with Gasteiger partial charge in [0.2, 0.25) is 0 Å². The smallest absolute Gasteiger partial charge is 0.339 e. The average molecular weight is 305 g/mol. The molecular weight excluding hydrogens is 286 g/mol. The summed E-state index contributed by atoms with van der Waals surface area (Å²) in [7, 11) is 0. The van der Waals surface area contributed by atoms with Crippen LogP contribution in [-0.2, 0) is 17.8 Å². The van der Waals surface area contributed by atoms with Crippen LogP contribution in [0, 0.1) is 6.92 Å². The van der Waals surface area contributed by atoms with E-state index >= 15 is 0 Å². The third-order valence-corrected chi connectivity index (χ3v) is 3.99. The number of carbonyl (C=O) groups is 1. The van der Waals surface area contributed by atoms with Crippen LogP contribution in [0.2, 0.25) is 0 Å². The molecule has 0 N–H and O–H groups in total. The second kappa shape index (κ2) is 6.61. The Bertz CT molecular complexity index is 841. The van der Waals surface area contributed by atoms with Gasteiger partial charge < -0.3 is 4.74 Å². The maximum atomic E-state index is 12.7. The second-order valence-corrected chi connectivity index (χ2v) is 5.49. The van der Waals surface area contributed by atoms with E-state index in [0.717, 1.165) is 34.1 Å². The highest BCUT2D eigenvalue weighted by molar-refractivity contribution is 6.04. The normalized spacial score (nSPS) is 10.7. The van der Waals surface area contributed by atoms with Crippen molar-refractivity contribution in [1.29, 1.82) is 0 Å². The van der Waals surface area contributed by atoms with Crippen LogP contribution >= 0.6 is 0 Å². The number of nitrogens with zero attached hydrogens (tertiary/aromatic N) is 1. The number of fused-ring (bicyclic) bond motifs is 1. The molecule has 0 bridgehead atoms. The maximum Gasteiger partial charge on any atom is 0.339 e. The van der Waals surface area contributed by atoms with Crippen LogP contribution in [0.4, 0.5) is 0 Å². The van der Waals surface area contributed by atoms with E-state index in [4.69, 9.17) is 4.74 Å². The van der Waals surface area contributed by atoms with Gasteiger partial charge >= 0.3 is 5.97 Å². The molecule has 3 aromatic rings. The molecule has 116 valence electrons. The number of benzene rings is 2. The molecule has 0 aliphatic carbocycles. The zero-order valence-corrected chi connectivity index (χ0v) is 13.4. The first-order valence-electron chi connectivity index (χ1n) is 7.80. The number of aryl methyl sites for hydroxylation is 1. The summed E-state index contributed by atoms with van der Waals surface area (Å²) in [5.74, 6) is -0.292. The minimum Gasteiger partial charge on any atom is -0.457 e. The second-order valence-electron chi connectivity index (χ2n) is 5.49. The molecule has 3 rings (SSSR count). The van der Waals surface area contributed by atoms with E-state index in [1.54, 1.807) is 0 Å². The van der Waals surface area contributed by atoms with Crippen LogP contribution in [0.5, 0.6) is 0 Å². The van der Waals surface area contributed by atoms with Crippen LogP contribution in [0.25, 0.3) is 10.9 Å². The van der Waals surface area contributed by atoms with E-state index in [0.29, 0.717) is 5.56 Å². The zero-order valence-electron chi connectivity index (χ0n) is 13.4. The van der Waals surface area contributed by atoms with Crippen molar-refractivity contribution in [2.24, 2.45) is 0 Å². The van der Waals surface area contributed by atoms with Gasteiger partial charge in [0.1, 0.15) is 6.61 Å². The first kappa shape index (κ1) is 15.2. The van der Waals surface area contributed by atoms with Crippen LogP contribution in [0.1, 0.15) is 34.1 Å². The Morgan fingerprint density at radius 3 is 2.48 bits per heavy atom. The van der Waals surface area contributed by atoms with Gasteiger partial charge in [-0.05, 0) is 30.5 Å². The number of esters is 1. The molecule has 0 amide bonds. The van der Waals surface area contributed by atoms with Gasteiger partial charge in [0, 0.05) is 11.1 Å². The van der Waals surface area contributed by atoms with Crippen LogP contribution < -0.4 is 0 Å². The molecule has 0 fully saturated rings. The SMILES string of the molecule is CCc1nc2ccccc2c(C(=O)OCc2ccccc2)c1C. The number of hydrogen-bond acceptors (Lipinski definition) is 3. The quantitative estimate of drug-likeness (QED) is 0.668. The third kappa shape index (κ3) is 3.09. The predicted molar refractivity (Wildman–Crippen MR) is 91.4 cm³/mol. The van der Waals surface area contributed by atoms with Crippen molar-refractivity contribution < 1.29 is 9.53 Å². The number of rotatable bonds is 4.